The van der Waals surface area contributed by atoms with Crippen LogP contribution in [0.3, 0.4) is 0 Å². The Morgan fingerprint density at radius 2 is 2.30 bits per heavy atom. The van der Waals surface area contributed by atoms with Crippen molar-refractivity contribution in [1.29, 1.82) is 0 Å². The molecule has 4 heteroatoms. The Labute approximate surface area is 124 Å². The zero-order valence-corrected chi connectivity index (χ0v) is 12.6. The van der Waals surface area contributed by atoms with E-state index in [-0.39, 0.29) is 5.60 Å². The maximum atomic E-state index is 11.4. The Kier molecular flexibility index (Phi) is 3.17. The molecule has 3 atom stereocenters. The number of ether oxygens (including phenoxy) is 1. The van der Waals surface area contributed by atoms with Gasteiger partial charge in [0.1, 0.15) is 5.76 Å². The molecule has 3 heterocycles. The van der Waals surface area contributed by atoms with E-state index in [4.69, 9.17) is 9.15 Å². The topological polar surface area (TPSA) is 42.6 Å². The van der Waals surface area contributed by atoms with Crippen molar-refractivity contribution in [3.8, 4) is 0 Å². The number of aryl methyl sites for hydroxylation is 1. The molecule has 0 radical (unpaired) electrons. The van der Waals surface area contributed by atoms with E-state index in [0.717, 1.165) is 62.2 Å². The number of hydrogen-bond acceptors (Lipinski definition) is 4. The minimum Gasteiger partial charge on any atom is -0.469 e. The van der Waals surface area contributed by atoms with Crippen LogP contribution in [0.1, 0.15) is 43.4 Å². The third kappa shape index (κ3) is 1.96. The van der Waals surface area contributed by atoms with Crippen LogP contribution in [0, 0.1) is 5.92 Å². The van der Waals surface area contributed by atoms with E-state index >= 15 is 0 Å². The normalized spacial score (nSPS) is 41.0. The first kappa shape index (κ1) is 13.2. The van der Waals surface area contributed by atoms with Crippen LogP contribution in [0.25, 0.3) is 0 Å². The minimum absolute atomic E-state index is 0.0324. The van der Waals surface area contributed by atoms with Crippen LogP contribution in [-0.2, 0) is 16.8 Å². The SMILES string of the molecule is OC1(C2CCOC3(CCSC3)C2)CCCc2occc21. The first-order chi connectivity index (χ1) is 9.72. The highest BCUT2D eigenvalue weighted by atomic mass is 32.2. The highest BCUT2D eigenvalue weighted by Gasteiger charge is 2.49. The van der Waals surface area contributed by atoms with Crippen molar-refractivity contribution in [2.75, 3.05) is 18.1 Å². The number of rotatable bonds is 1. The van der Waals surface area contributed by atoms with Crippen molar-refractivity contribution < 1.29 is 14.3 Å². The van der Waals surface area contributed by atoms with Crippen LogP contribution in [0.2, 0.25) is 0 Å². The average Bonchev–Trinajstić information content (AvgIpc) is 3.09. The van der Waals surface area contributed by atoms with Gasteiger partial charge in [-0.3, -0.25) is 0 Å². The van der Waals surface area contributed by atoms with Gasteiger partial charge in [-0.15, -0.1) is 0 Å². The number of fused-ring (bicyclic) bond motifs is 1. The van der Waals surface area contributed by atoms with Gasteiger partial charge in [0.25, 0.3) is 0 Å². The Morgan fingerprint density at radius 1 is 1.35 bits per heavy atom. The highest BCUT2D eigenvalue weighted by Crippen LogP contribution is 2.50. The zero-order chi connectivity index (χ0) is 13.6. The van der Waals surface area contributed by atoms with Gasteiger partial charge in [0.15, 0.2) is 0 Å². The first-order valence-corrected chi connectivity index (χ1v) is 8.88. The third-order valence-electron chi connectivity index (χ3n) is 5.41. The van der Waals surface area contributed by atoms with Crippen LogP contribution in [0.4, 0.5) is 0 Å². The molecule has 1 aliphatic carbocycles. The summed E-state index contributed by atoms with van der Waals surface area (Å²) in [5.74, 6) is 3.60. The maximum Gasteiger partial charge on any atom is 0.109 e. The lowest BCUT2D eigenvalue weighted by atomic mass is 9.68. The molecule has 3 nitrogen and oxygen atoms in total. The molecular formula is C16H22O3S. The summed E-state index contributed by atoms with van der Waals surface area (Å²) in [6.07, 6.45) is 7.71. The molecule has 1 N–H and O–H groups in total. The quantitative estimate of drug-likeness (QED) is 0.864. The van der Waals surface area contributed by atoms with Crippen LogP contribution in [0.5, 0.6) is 0 Å². The van der Waals surface area contributed by atoms with Gasteiger partial charge in [0.2, 0.25) is 0 Å². The molecular weight excluding hydrogens is 272 g/mol. The van der Waals surface area contributed by atoms with Crippen molar-refractivity contribution in [2.24, 2.45) is 5.92 Å². The molecule has 20 heavy (non-hydrogen) atoms. The highest BCUT2D eigenvalue weighted by molar-refractivity contribution is 7.99. The Hall–Kier alpha value is -0.450. The summed E-state index contributed by atoms with van der Waals surface area (Å²) in [6, 6.07) is 1.99. The van der Waals surface area contributed by atoms with E-state index in [9.17, 15) is 5.11 Å². The van der Waals surface area contributed by atoms with Gasteiger partial charge in [0.05, 0.1) is 17.5 Å². The van der Waals surface area contributed by atoms with E-state index in [1.165, 1.54) is 5.75 Å². The zero-order valence-electron chi connectivity index (χ0n) is 11.8. The number of aliphatic hydroxyl groups is 1. The van der Waals surface area contributed by atoms with E-state index in [1.807, 2.05) is 17.8 Å². The van der Waals surface area contributed by atoms with Gasteiger partial charge < -0.3 is 14.3 Å². The smallest absolute Gasteiger partial charge is 0.109 e. The van der Waals surface area contributed by atoms with E-state index < -0.39 is 5.60 Å². The molecule has 110 valence electrons. The molecule has 0 amide bonds. The van der Waals surface area contributed by atoms with Crippen molar-refractivity contribution >= 4 is 11.8 Å². The second-order valence-corrected chi connectivity index (χ2v) is 7.66. The lowest BCUT2D eigenvalue weighted by Crippen LogP contribution is -2.48. The monoisotopic (exact) mass is 294 g/mol. The predicted molar refractivity (Wildman–Crippen MR) is 78.9 cm³/mol. The summed E-state index contributed by atoms with van der Waals surface area (Å²) in [4.78, 5) is 0. The standard InChI is InChI=1S/C16H22O3S/c17-16(5-1-2-14-13(16)4-7-18-14)12-3-8-19-15(10-12)6-9-20-11-15/h4,7,12,17H,1-3,5-6,8-11H2. The summed E-state index contributed by atoms with van der Waals surface area (Å²) >= 11 is 1.99. The van der Waals surface area contributed by atoms with Crippen LogP contribution in [-0.4, -0.2) is 28.8 Å². The molecule has 2 fully saturated rings. The van der Waals surface area contributed by atoms with Crippen molar-refractivity contribution in [3.63, 3.8) is 0 Å². The third-order valence-corrected chi connectivity index (χ3v) is 6.63. The minimum atomic E-state index is -0.690. The lowest BCUT2D eigenvalue weighted by molar-refractivity contribution is -0.140. The fraction of sp³-hybridized carbons (Fsp3) is 0.750. The second kappa shape index (κ2) is 4.79. The summed E-state index contributed by atoms with van der Waals surface area (Å²) in [5.41, 5.74) is 0.395. The second-order valence-electron chi connectivity index (χ2n) is 6.56. The molecule has 0 bridgehead atoms. The van der Waals surface area contributed by atoms with Crippen molar-refractivity contribution in [3.05, 3.63) is 23.7 Å². The Bertz CT molecular complexity index is 492. The van der Waals surface area contributed by atoms with E-state index in [1.54, 1.807) is 6.26 Å². The molecule has 3 aliphatic rings. The van der Waals surface area contributed by atoms with Gasteiger partial charge in [0, 0.05) is 24.3 Å². The van der Waals surface area contributed by atoms with Gasteiger partial charge in [-0.2, -0.15) is 11.8 Å². The fourth-order valence-electron chi connectivity index (χ4n) is 4.30. The lowest BCUT2D eigenvalue weighted by Gasteiger charge is -2.46. The number of furan rings is 1. The Balaban J connectivity index is 1.64. The number of thioether (sulfide) groups is 1. The first-order valence-electron chi connectivity index (χ1n) is 7.73. The molecule has 0 saturated carbocycles. The molecule has 0 aromatic carbocycles. The van der Waals surface area contributed by atoms with Gasteiger partial charge in [-0.05, 0) is 49.8 Å². The molecule has 1 aromatic rings. The molecule has 2 saturated heterocycles. The van der Waals surface area contributed by atoms with Gasteiger partial charge >= 0.3 is 0 Å². The summed E-state index contributed by atoms with van der Waals surface area (Å²) in [5, 5.41) is 11.4. The summed E-state index contributed by atoms with van der Waals surface area (Å²) in [7, 11) is 0. The Morgan fingerprint density at radius 3 is 3.15 bits per heavy atom. The van der Waals surface area contributed by atoms with Gasteiger partial charge in [-0.25, -0.2) is 0 Å². The average molecular weight is 294 g/mol. The van der Waals surface area contributed by atoms with Crippen molar-refractivity contribution in [1.82, 2.24) is 0 Å². The van der Waals surface area contributed by atoms with Gasteiger partial charge in [-0.1, -0.05) is 0 Å². The largest absolute Gasteiger partial charge is 0.469 e. The molecule has 3 unspecified atom stereocenters. The van der Waals surface area contributed by atoms with Crippen LogP contribution in [0.15, 0.2) is 16.7 Å². The van der Waals surface area contributed by atoms with Crippen LogP contribution < -0.4 is 0 Å². The summed E-state index contributed by atoms with van der Waals surface area (Å²) in [6.45, 7) is 0.792. The van der Waals surface area contributed by atoms with Crippen LogP contribution >= 0.6 is 11.8 Å². The maximum absolute atomic E-state index is 11.4. The van der Waals surface area contributed by atoms with Crippen molar-refractivity contribution in [2.45, 2.75) is 49.7 Å². The van der Waals surface area contributed by atoms with E-state index in [0.29, 0.717) is 5.92 Å². The molecule has 4 rings (SSSR count). The predicted octanol–water partition coefficient (Wildman–Crippen LogP) is 3.11. The summed E-state index contributed by atoms with van der Waals surface area (Å²) < 4.78 is 11.7. The fourth-order valence-corrected chi connectivity index (χ4v) is 5.67. The molecule has 1 aromatic heterocycles. The molecule has 2 aliphatic heterocycles. The van der Waals surface area contributed by atoms with E-state index in [2.05, 4.69) is 0 Å². The number of hydrogen-bond donors (Lipinski definition) is 1. The molecule has 1 spiro atoms.